The maximum absolute atomic E-state index is 13.4. The molecule has 0 spiro atoms. The molecule has 30 heavy (non-hydrogen) atoms. The third kappa shape index (κ3) is 3.63. The highest BCUT2D eigenvalue weighted by Gasteiger charge is 2.51. The van der Waals surface area contributed by atoms with Crippen LogP contribution in [-0.2, 0) is 9.59 Å². The lowest BCUT2D eigenvalue weighted by Crippen LogP contribution is -2.52. The summed E-state index contributed by atoms with van der Waals surface area (Å²) in [5.74, 6) is -2.70. The van der Waals surface area contributed by atoms with Gasteiger partial charge in [-0.25, -0.2) is 5.01 Å². The molecule has 154 valence electrons. The van der Waals surface area contributed by atoms with Gasteiger partial charge in [0.15, 0.2) is 5.78 Å². The van der Waals surface area contributed by atoms with Crippen molar-refractivity contribution in [1.29, 1.82) is 0 Å². The summed E-state index contributed by atoms with van der Waals surface area (Å²) in [6.07, 6.45) is 2.98. The van der Waals surface area contributed by atoms with Gasteiger partial charge in [0, 0.05) is 5.56 Å². The number of halogens is 1. The Morgan fingerprint density at radius 3 is 2.07 bits per heavy atom. The maximum atomic E-state index is 13.4. The number of imide groups is 1. The van der Waals surface area contributed by atoms with Crippen LogP contribution in [0.5, 0.6) is 0 Å². The Labute approximate surface area is 179 Å². The Kier molecular flexibility index (Phi) is 5.68. The van der Waals surface area contributed by atoms with Gasteiger partial charge in [-0.2, -0.15) is 5.01 Å². The van der Waals surface area contributed by atoms with Crippen LogP contribution >= 0.6 is 11.6 Å². The molecule has 2 fully saturated rings. The number of carbonyl (C=O) groups is 4. The lowest BCUT2D eigenvalue weighted by Gasteiger charge is -2.30. The number of hydrogen-bond donors (Lipinski definition) is 0. The number of hydrogen-bond acceptors (Lipinski definition) is 4. The zero-order valence-corrected chi connectivity index (χ0v) is 17.0. The van der Waals surface area contributed by atoms with E-state index in [-0.39, 0.29) is 16.4 Å². The van der Waals surface area contributed by atoms with Crippen molar-refractivity contribution in [3.8, 4) is 0 Å². The minimum Gasteiger partial charge on any atom is -0.292 e. The van der Waals surface area contributed by atoms with Gasteiger partial charge in [-0.1, -0.05) is 66.9 Å². The third-order valence-electron chi connectivity index (χ3n) is 5.79. The van der Waals surface area contributed by atoms with E-state index in [0.29, 0.717) is 18.4 Å². The number of hydrazine groups is 1. The first-order valence-corrected chi connectivity index (χ1v) is 10.4. The number of nitrogens with zero attached hydrogens (tertiary/aromatic N) is 2. The van der Waals surface area contributed by atoms with Gasteiger partial charge in [0.1, 0.15) is 6.54 Å². The second-order valence-corrected chi connectivity index (χ2v) is 8.02. The van der Waals surface area contributed by atoms with Gasteiger partial charge in [0.25, 0.3) is 17.7 Å². The van der Waals surface area contributed by atoms with Crippen LogP contribution in [-0.4, -0.2) is 40.1 Å². The van der Waals surface area contributed by atoms with Crippen LogP contribution in [0.15, 0.2) is 54.6 Å². The second-order valence-electron chi connectivity index (χ2n) is 7.62. The minimum atomic E-state index is -0.648. The van der Waals surface area contributed by atoms with Gasteiger partial charge >= 0.3 is 0 Å². The quantitative estimate of drug-likeness (QED) is 0.541. The monoisotopic (exact) mass is 424 g/mol. The minimum absolute atomic E-state index is 0.135. The molecule has 0 radical (unpaired) electrons. The van der Waals surface area contributed by atoms with Crippen molar-refractivity contribution < 1.29 is 19.2 Å². The Morgan fingerprint density at radius 2 is 1.47 bits per heavy atom. The van der Waals surface area contributed by atoms with Gasteiger partial charge in [-0.05, 0) is 25.0 Å². The largest absolute Gasteiger partial charge is 0.292 e. The number of benzene rings is 2. The highest BCUT2D eigenvalue weighted by atomic mass is 35.5. The number of ketones is 1. The van der Waals surface area contributed by atoms with E-state index >= 15 is 0 Å². The molecule has 2 aromatic carbocycles. The molecule has 0 unspecified atom stereocenters. The van der Waals surface area contributed by atoms with Gasteiger partial charge < -0.3 is 0 Å². The third-order valence-corrected chi connectivity index (χ3v) is 6.12. The molecule has 1 saturated heterocycles. The summed E-state index contributed by atoms with van der Waals surface area (Å²) in [6.45, 7) is -0.426. The van der Waals surface area contributed by atoms with E-state index in [2.05, 4.69) is 0 Å². The number of rotatable bonds is 5. The van der Waals surface area contributed by atoms with Crippen LogP contribution in [0.1, 0.15) is 46.4 Å². The maximum Gasteiger partial charge on any atom is 0.274 e. The van der Waals surface area contributed by atoms with Crippen LogP contribution in [0, 0.1) is 11.8 Å². The fourth-order valence-corrected chi connectivity index (χ4v) is 4.46. The number of amides is 3. The molecule has 4 rings (SSSR count). The van der Waals surface area contributed by atoms with Crippen LogP contribution in [0.25, 0.3) is 0 Å². The molecule has 3 amide bonds. The molecule has 0 bridgehead atoms. The fourth-order valence-electron chi connectivity index (χ4n) is 4.24. The van der Waals surface area contributed by atoms with E-state index < -0.39 is 36.1 Å². The topological polar surface area (TPSA) is 74.8 Å². The van der Waals surface area contributed by atoms with Gasteiger partial charge in [0.2, 0.25) is 0 Å². The predicted octanol–water partition coefficient (Wildman–Crippen LogP) is 3.76. The smallest absolute Gasteiger partial charge is 0.274 e. The molecule has 2 atom stereocenters. The number of Topliss-reactive ketones (excluding diaryl/α,β-unsaturated/α-hetero) is 1. The first kappa shape index (κ1) is 20.3. The molecule has 2 aromatic rings. The molecule has 1 aliphatic carbocycles. The summed E-state index contributed by atoms with van der Waals surface area (Å²) in [4.78, 5) is 52.4. The normalized spacial score (nSPS) is 20.8. The molecule has 2 aliphatic rings. The van der Waals surface area contributed by atoms with Crippen molar-refractivity contribution in [3.05, 3.63) is 70.7 Å². The van der Waals surface area contributed by atoms with Crippen LogP contribution < -0.4 is 0 Å². The van der Waals surface area contributed by atoms with Crippen LogP contribution in [0.3, 0.4) is 0 Å². The zero-order chi connectivity index (χ0) is 21.3. The molecule has 0 aromatic heterocycles. The van der Waals surface area contributed by atoms with E-state index in [1.165, 1.54) is 6.07 Å². The molecular formula is C23H21ClN2O4. The standard InChI is InChI=1S/C23H21ClN2O4/c24-19-13-7-6-12-18(19)21(28)25(14-20(27)15-8-2-1-3-9-15)26-22(29)16-10-4-5-11-17(16)23(26)30/h1-3,6-9,12-13,16-17H,4-5,10-11,14H2/t16-,17+. The molecule has 1 aliphatic heterocycles. The Bertz CT molecular complexity index is 983. The first-order valence-electron chi connectivity index (χ1n) is 10.0. The molecular weight excluding hydrogens is 404 g/mol. The summed E-state index contributed by atoms with van der Waals surface area (Å²) in [5.41, 5.74) is 0.529. The summed E-state index contributed by atoms with van der Waals surface area (Å²) in [6, 6.07) is 14.9. The van der Waals surface area contributed by atoms with Crippen LogP contribution in [0.4, 0.5) is 0 Å². The van der Waals surface area contributed by atoms with E-state index in [4.69, 9.17) is 11.6 Å². The fraction of sp³-hybridized carbons (Fsp3) is 0.304. The number of fused-ring (bicyclic) bond motifs is 1. The molecule has 7 heteroatoms. The summed E-state index contributed by atoms with van der Waals surface area (Å²) in [5, 5.41) is 2.06. The van der Waals surface area contributed by atoms with Crippen molar-refractivity contribution in [3.63, 3.8) is 0 Å². The van der Waals surface area contributed by atoms with Crippen molar-refractivity contribution in [1.82, 2.24) is 10.0 Å². The Hall–Kier alpha value is -2.99. The lowest BCUT2D eigenvalue weighted by molar-refractivity contribution is -0.154. The first-order chi connectivity index (χ1) is 14.5. The van der Waals surface area contributed by atoms with E-state index in [1.807, 2.05) is 0 Å². The van der Waals surface area contributed by atoms with Crippen molar-refractivity contribution in [2.45, 2.75) is 25.7 Å². The molecule has 1 saturated carbocycles. The summed E-state index contributed by atoms with van der Waals surface area (Å²) >= 11 is 6.20. The SMILES string of the molecule is O=C(CN(C(=O)c1ccccc1Cl)N1C(=O)[C@H]2CCCC[C@H]2C1=O)c1ccccc1. The average molecular weight is 425 g/mol. The Balaban J connectivity index is 1.71. The van der Waals surface area contributed by atoms with Gasteiger partial charge in [-0.15, -0.1) is 0 Å². The average Bonchev–Trinajstić information content (AvgIpc) is 3.03. The van der Waals surface area contributed by atoms with Gasteiger partial charge in [-0.3, -0.25) is 19.2 Å². The van der Waals surface area contributed by atoms with E-state index in [1.54, 1.807) is 48.5 Å². The lowest BCUT2D eigenvalue weighted by atomic mass is 9.81. The van der Waals surface area contributed by atoms with E-state index in [9.17, 15) is 19.2 Å². The number of carbonyl (C=O) groups excluding carboxylic acids is 4. The van der Waals surface area contributed by atoms with E-state index in [0.717, 1.165) is 22.9 Å². The second kappa shape index (κ2) is 8.40. The molecule has 6 nitrogen and oxygen atoms in total. The summed E-state index contributed by atoms with van der Waals surface area (Å²) in [7, 11) is 0. The molecule has 0 N–H and O–H groups in total. The Morgan fingerprint density at radius 1 is 0.900 bits per heavy atom. The highest BCUT2D eigenvalue weighted by molar-refractivity contribution is 6.34. The van der Waals surface area contributed by atoms with Crippen molar-refractivity contribution in [2.24, 2.45) is 11.8 Å². The van der Waals surface area contributed by atoms with Crippen LogP contribution in [0.2, 0.25) is 5.02 Å². The predicted molar refractivity (Wildman–Crippen MR) is 111 cm³/mol. The molecule has 1 heterocycles. The van der Waals surface area contributed by atoms with Crippen molar-refractivity contribution >= 4 is 35.1 Å². The highest BCUT2D eigenvalue weighted by Crippen LogP contribution is 2.39. The summed E-state index contributed by atoms with van der Waals surface area (Å²) < 4.78 is 0. The zero-order valence-electron chi connectivity index (χ0n) is 16.3. The van der Waals surface area contributed by atoms with Gasteiger partial charge in [0.05, 0.1) is 22.4 Å². The van der Waals surface area contributed by atoms with Crippen molar-refractivity contribution in [2.75, 3.05) is 6.54 Å².